The van der Waals surface area contributed by atoms with Crippen LogP contribution in [-0.4, -0.2) is 20.8 Å². The largest absolute Gasteiger partial charge is 0.289 e. The molecule has 0 saturated carbocycles. The summed E-state index contributed by atoms with van der Waals surface area (Å²) in [6.07, 6.45) is 0. The third-order valence-corrected chi connectivity index (χ3v) is 3.81. The molecule has 4 nitrogen and oxygen atoms in total. The van der Waals surface area contributed by atoms with E-state index in [-0.39, 0.29) is 11.6 Å². The topological polar surface area (TPSA) is 47.8 Å². The standard InChI is InChI=1S/C19H12FN3O/c20-15-7-9-16(10-8-15)23-18-11-6-14(12-17(18)21-22-23)19(24)13-4-2-1-3-5-13/h1-12H. The van der Waals surface area contributed by atoms with Gasteiger partial charge in [0.1, 0.15) is 11.3 Å². The number of aromatic nitrogens is 3. The third-order valence-electron chi connectivity index (χ3n) is 3.81. The minimum absolute atomic E-state index is 0.0613. The van der Waals surface area contributed by atoms with Crippen molar-refractivity contribution in [1.82, 2.24) is 15.0 Å². The molecule has 0 radical (unpaired) electrons. The van der Waals surface area contributed by atoms with E-state index in [1.54, 1.807) is 47.1 Å². The van der Waals surface area contributed by atoms with Gasteiger partial charge in [-0.25, -0.2) is 9.07 Å². The smallest absolute Gasteiger partial charge is 0.193 e. The van der Waals surface area contributed by atoms with Crippen molar-refractivity contribution in [3.63, 3.8) is 0 Å². The van der Waals surface area contributed by atoms with Crippen molar-refractivity contribution in [2.45, 2.75) is 0 Å². The maximum Gasteiger partial charge on any atom is 0.193 e. The molecule has 0 amide bonds. The Labute approximate surface area is 137 Å². The van der Waals surface area contributed by atoms with Crippen LogP contribution < -0.4 is 0 Å². The van der Waals surface area contributed by atoms with Crippen molar-refractivity contribution < 1.29 is 9.18 Å². The number of carbonyl (C=O) groups excluding carboxylic acids is 1. The zero-order valence-electron chi connectivity index (χ0n) is 12.6. The van der Waals surface area contributed by atoms with Crippen LogP contribution in [0.2, 0.25) is 0 Å². The van der Waals surface area contributed by atoms with E-state index >= 15 is 0 Å². The van der Waals surface area contributed by atoms with Crippen LogP contribution in [0, 0.1) is 5.82 Å². The van der Waals surface area contributed by atoms with Gasteiger partial charge in [-0.2, -0.15) is 0 Å². The highest BCUT2D eigenvalue weighted by Gasteiger charge is 2.12. The van der Waals surface area contributed by atoms with E-state index in [9.17, 15) is 9.18 Å². The van der Waals surface area contributed by atoms with Crippen LogP contribution in [0.1, 0.15) is 15.9 Å². The van der Waals surface area contributed by atoms with Gasteiger partial charge < -0.3 is 0 Å². The number of hydrogen-bond acceptors (Lipinski definition) is 3. The fraction of sp³-hybridized carbons (Fsp3) is 0. The molecule has 0 N–H and O–H groups in total. The number of fused-ring (bicyclic) bond motifs is 1. The maximum atomic E-state index is 13.1. The summed E-state index contributed by atoms with van der Waals surface area (Å²) in [7, 11) is 0. The lowest BCUT2D eigenvalue weighted by Gasteiger charge is -2.03. The quantitative estimate of drug-likeness (QED) is 0.540. The second kappa shape index (κ2) is 5.70. The fourth-order valence-corrected chi connectivity index (χ4v) is 2.59. The lowest BCUT2D eigenvalue weighted by molar-refractivity contribution is 0.103. The number of benzene rings is 3. The average Bonchev–Trinajstić information content (AvgIpc) is 3.05. The summed E-state index contributed by atoms with van der Waals surface area (Å²) in [6, 6.07) is 20.4. The molecule has 24 heavy (non-hydrogen) atoms. The van der Waals surface area contributed by atoms with E-state index in [4.69, 9.17) is 0 Å². The summed E-state index contributed by atoms with van der Waals surface area (Å²) in [4.78, 5) is 12.5. The van der Waals surface area contributed by atoms with Gasteiger partial charge >= 0.3 is 0 Å². The Morgan fingerprint density at radius 3 is 2.38 bits per heavy atom. The van der Waals surface area contributed by atoms with E-state index in [0.717, 1.165) is 5.52 Å². The van der Waals surface area contributed by atoms with Gasteiger partial charge in [0.15, 0.2) is 5.78 Å². The molecule has 0 unspecified atom stereocenters. The number of rotatable bonds is 3. The number of halogens is 1. The number of ketones is 1. The molecule has 1 aromatic heterocycles. The van der Waals surface area contributed by atoms with Gasteiger partial charge in [0, 0.05) is 11.1 Å². The molecule has 3 aromatic carbocycles. The van der Waals surface area contributed by atoms with E-state index in [1.807, 2.05) is 18.2 Å². The molecule has 0 aliphatic carbocycles. The van der Waals surface area contributed by atoms with Crippen LogP contribution >= 0.6 is 0 Å². The van der Waals surface area contributed by atoms with Crippen LogP contribution in [0.25, 0.3) is 16.7 Å². The molecular weight excluding hydrogens is 305 g/mol. The lowest BCUT2D eigenvalue weighted by Crippen LogP contribution is -2.01. The first-order valence-corrected chi connectivity index (χ1v) is 7.43. The monoisotopic (exact) mass is 317 g/mol. The zero-order valence-corrected chi connectivity index (χ0v) is 12.6. The second-order valence-electron chi connectivity index (χ2n) is 5.38. The van der Waals surface area contributed by atoms with Crippen molar-refractivity contribution >= 4 is 16.8 Å². The number of hydrogen-bond donors (Lipinski definition) is 0. The van der Waals surface area contributed by atoms with Gasteiger partial charge in [-0.15, -0.1) is 5.10 Å². The van der Waals surface area contributed by atoms with Crippen LogP contribution in [0.15, 0.2) is 72.8 Å². The van der Waals surface area contributed by atoms with Gasteiger partial charge in [0.05, 0.1) is 11.2 Å². The van der Waals surface area contributed by atoms with Crippen LogP contribution in [0.4, 0.5) is 4.39 Å². The van der Waals surface area contributed by atoms with Gasteiger partial charge in [-0.3, -0.25) is 4.79 Å². The molecule has 0 atom stereocenters. The molecular formula is C19H12FN3O. The number of nitrogens with zero attached hydrogens (tertiary/aromatic N) is 3. The first kappa shape index (κ1) is 14.3. The van der Waals surface area contributed by atoms with Crippen LogP contribution in [-0.2, 0) is 0 Å². The molecule has 0 bridgehead atoms. The molecule has 5 heteroatoms. The summed E-state index contributed by atoms with van der Waals surface area (Å²) in [5.41, 5.74) is 3.26. The van der Waals surface area contributed by atoms with E-state index in [1.165, 1.54) is 12.1 Å². The first-order chi connectivity index (χ1) is 11.7. The second-order valence-corrected chi connectivity index (χ2v) is 5.38. The van der Waals surface area contributed by atoms with Crippen molar-refractivity contribution in [3.05, 3.63) is 89.7 Å². The normalized spacial score (nSPS) is 10.9. The molecule has 0 fully saturated rings. The highest BCUT2D eigenvalue weighted by atomic mass is 19.1. The van der Waals surface area contributed by atoms with Crippen molar-refractivity contribution in [3.8, 4) is 5.69 Å². The van der Waals surface area contributed by atoms with Crippen molar-refractivity contribution in [2.24, 2.45) is 0 Å². The maximum absolute atomic E-state index is 13.1. The summed E-state index contributed by atoms with van der Waals surface area (Å²) in [5.74, 6) is -0.368. The minimum atomic E-state index is -0.307. The summed E-state index contributed by atoms with van der Waals surface area (Å²) >= 11 is 0. The highest BCUT2D eigenvalue weighted by molar-refractivity contribution is 6.10. The van der Waals surface area contributed by atoms with Crippen LogP contribution in [0.3, 0.4) is 0 Å². The Kier molecular flexibility index (Phi) is 3.39. The van der Waals surface area contributed by atoms with Gasteiger partial charge in [0.25, 0.3) is 0 Å². The van der Waals surface area contributed by atoms with E-state index in [0.29, 0.717) is 22.3 Å². The van der Waals surface area contributed by atoms with Crippen molar-refractivity contribution in [1.29, 1.82) is 0 Å². The van der Waals surface area contributed by atoms with Gasteiger partial charge in [-0.05, 0) is 42.5 Å². The third kappa shape index (κ3) is 2.46. The van der Waals surface area contributed by atoms with Crippen LogP contribution in [0.5, 0.6) is 0 Å². The van der Waals surface area contributed by atoms with Gasteiger partial charge in [0.2, 0.25) is 0 Å². The summed E-state index contributed by atoms with van der Waals surface area (Å²) < 4.78 is 14.7. The molecule has 0 aliphatic heterocycles. The van der Waals surface area contributed by atoms with Crippen molar-refractivity contribution in [2.75, 3.05) is 0 Å². The predicted octanol–water partition coefficient (Wildman–Crippen LogP) is 3.79. The molecule has 116 valence electrons. The van der Waals surface area contributed by atoms with E-state index < -0.39 is 0 Å². The van der Waals surface area contributed by atoms with Gasteiger partial charge in [-0.1, -0.05) is 35.5 Å². The molecule has 0 saturated heterocycles. The first-order valence-electron chi connectivity index (χ1n) is 7.43. The summed E-state index contributed by atoms with van der Waals surface area (Å²) in [6.45, 7) is 0. The Balaban J connectivity index is 1.75. The Bertz CT molecular complexity index is 1020. The Morgan fingerprint density at radius 1 is 0.875 bits per heavy atom. The fourth-order valence-electron chi connectivity index (χ4n) is 2.59. The number of carbonyl (C=O) groups is 1. The average molecular weight is 317 g/mol. The molecule has 1 heterocycles. The molecule has 0 aliphatic rings. The molecule has 0 spiro atoms. The summed E-state index contributed by atoms with van der Waals surface area (Å²) in [5, 5.41) is 8.22. The zero-order chi connectivity index (χ0) is 16.5. The molecule has 4 rings (SSSR count). The Morgan fingerprint density at radius 2 is 1.62 bits per heavy atom. The highest BCUT2D eigenvalue weighted by Crippen LogP contribution is 2.19. The van der Waals surface area contributed by atoms with E-state index in [2.05, 4.69) is 10.3 Å². The Hall–Kier alpha value is -3.34. The minimum Gasteiger partial charge on any atom is -0.289 e. The SMILES string of the molecule is O=C(c1ccccc1)c1ccc2c(c1)nnn2-c1ccc(F)cc1. The molecule has 4 aromatic rings. The predicted molar refractivity (Wildman–Crippen MR) is 88.7 cm³/mol. The lowest BCUT2D eigenvalue weighted by atomic mass is 10.0.